The highest BCUT2D eigenvalue weighted by Crippen LogP contribution is 2.56. The first-order valence-electron chi connectivity index (χ1n) is 10.6. The summed E-state index contributed by atoms with van der Waals surface area (Å²) in [7, 11) is 0. The summed E-state index contributed by atoms with van der Waals surface area (Å²) < 4.78 is 12.5. The van der Waals surface area contributed by atoms with Crippen LogP contribution in [0, 0.1) is 0 Å². The minimum absolute atomic E-state index is 0.310. The molecule has 3 aromatic rings. The normalized spacial score (nSPS) is 22.1. The number of esters is 1. The Morgan fingerprint density at radius 1 is 0.833 bits per heavy atom. The number of benzene rings is 3. The Labute approximate surface area is 180 Å². The van der Waals surface area contributed by atoms with Crippen molar-refractivity contribution in [3.05, 3.63) is 93.5 Å². The van der Waals surface area contributed by atoms with Crippen LogP contribution in [0.25, 0.3) is 0 Å². The maximum absolute atomic E-state index is 12.9. The first-order chi connectivity index (χ1) is 14.7. The molecule has 1 spiro atoms. The highest BCUT2D eigenvalue weighted by atomic mass is 35.5. The van der Waals surface area contributed by atoms with Crippen LogP contribution in [0.2, 0.25) is 5.02 Å². The summed E-state index contributed by atoms with van der Waals surface area (Å²) in [6.45, 7) is 0. The average molecular weight is 417 g/mol. The summed E-state index contributed by atoms with van der Waals surface area (Å²) in [6.07, 6.45) is 6.29. The molecule has 0 saturated heterocycles. The summed E-state index contributed by atoms with van der Waals surface area (Å²) in [5, 5.41) is 0.591. The van der Waals surface area contributed by atoms with Crippen molar-refractivity contribution in [3.8, 4) is 11.5 Å². The number of ether oxygens (including phenoxy) is 2. The van der Waals surface area contributed by atoms with E-state index in [1.807, 2.05) is 42.5 Å². The van der Waals surface area contributed by atoms with Gasteiger partial charge in [0.1, 0.15) is 11.5 Å². The van der Waals surface area contributed by atoms with Crippen molar-refractivity contribution in [2.45, 2.75) is 43.6 Å². The van der Waals surface area contributed by atoms with Gasteiger partial charge in [0.25, 0.3) is 0 Å². The third-order valence-corrected chi connectivity index (χ3v) is 7.01. The van der Waals surface area contributed by atoms with Crippen LogP contribution in [0.3, 0.4) is 0 Å². The van der Waals surface area contributed by atoms with Crippen LogP contribution in [0.4, 0.5) is 0 Å². The summed E-state index contributed by atoms with van der Waals surface area (Å²) in [5.41, 5.74) is 3.42. The van der Waals surface area contributed by atoms with E-state index in [9.17, 15) is 4.79 Å². The highest BCUT2D eigenvalue weighted by Gasteiger charge is 2.53. The van der Waals surface area contributed by atoms with Crippen molar-refractivity contribution < 1.29 is 14.3 Å². The Hall–Kier alpha value is -2.78. The van der Waals surface area contributed by atoms with Crippen molar-refractivity contribution in [2.75, 3.05) is 0 Å². The van der Waals surface area contributed by atoms with E-state index in [0.717, 1.165) is 22.4 Å². The van der Waals surface area contributed by atoms with Gasteiger partial charge < -0.3 is 9.47 Å². The van der Waals surface area contributed by atoms with E-state index >= 15 is 0 Å². The molecule has 2 heterocycles. The zero-order chi connectivity index (χ0) is 20.3. The summed E-state index contributed by atoms with van der Waals surface area (Å²) >= 11 is 6.29. The molecule has 3 nitrogen and oxygen atoms in total. The van der Waals surface area contributed by atoms with Crippen LogP contribution in [0.5, 0.6) is 11.5 Å². The number of carbonyl (C=O) groups is 1. The van der Waals surface area contributed by atoms with Crippen LogP contribution in [-0.4, -0.2) is 5.97 Å². The molecule has 1 atom stereocenters. The van der Waals surface area contributed by atoms with E-state index in [0.29, 0.717) is 22.3 Å². The van der Waals surface area contributed by atoms with Gasteiger partial charge in [-0.3, -0.25) is 0 Å². The van der Waals surface area contributed by atoms with Crippen molar-refractivity contribution in [3.63, 3.8) is 0 Å². The highest BCUT2D eigenvalue weighted by molar-refractivity contribution is 6.30. The van der Waals surface area contributed by atoms with Gasteiger partial charge in [-0.05, 0) is 54.7 Å². The van der Waals surface area contributed by atoms with E-state index in [1.165, 1.54) is 37.7 Å². The molecule has 1 saturated carbocycles. The Balaban J connectivity index is 1.59. The van der Waals surface area contributed by atoms with Crippen LogP contribution in [0.15, 0.2) is 60.7 Å². The molecule has 4 heteroatoms. The van der Waals surface area contributed by atoms with Gasteiger partial charge in [0.15, 0.2) is 5.60 Å². The predicted octanol–water partition coefficient (Wildman–Crippen LogP) is 6.96. The third kappa shape index (κ3) is 2.48. The Bertz CT molecular complexity index is 1180. The number of hydrogen-bond acceptors (Lipinski definition) is 3. The SMILES string of the molecule is O=C1OC2(c3ccc(Cl)cc3Oc3cc(C4CCCCC4)ccc32)c2ccccc21. The zero-order valence-electron chi connectivity index (χ0n) is 16.5. The maximum Gasteiger partial charge on any atom is 0.340 e. The quantitative estimate of drug-likeness (QED) is 0.402. The standard InChI is InChI=1S/C26H21ClO3/c27-18-11-13-22-24(15-18)29-23-14-17(16-6-2-1-3-7-16)10-12-21(23)26(22)20-9-5-4-8-19(20)25(28)30-26/h4-5,8-16H,1-3,6-7H2. The van der Waals surface area contributed by atoms with Gasteiger partial charge in [0.2, 0.25) is 0 Å². The van der Waals surface area contributed by atoms with Gasteiger partial charge in [0.05, 0.1) is 5.56 Å². The van der Waals surface area contributed by atoms with Crippen LogP contribution in [0.1, 0.15) is 70.6 Å². The third-order valence-electron chi connectivity index (χ3n) is 6.78. The lowest BCUT2D eigenvalue weighted by Crippen LogP contribution is -2.33. The molecule has 0 N–H and O–H groups in total. The second-order valence-electron chi connectivity index (χ2n) is 8.45. The lowest BCUT2D eigenvalue weighted by Gasteiger charge is -2.37. The first-order valence-corrected chi connectivity index (χ1v) is 11.0. The molecule has 0 aromatic heterocycles. The fourth-order valence-corrected chi connectivity index (χ4v) is 5.52. The summed E-state index contributed by atoms with van der Waals surface area (Å²) in [6, 6.07) is 19.6. The number of fused-ring (bicyclic) bond motifs is 6. The lowest BCUT2D eigenvalue weighted by atomic mass is 9.76. The second-order valence-corrected chi connectivity index (χ2v) is 8.89. The predicted molar refractivity (Wildman–Crippen MR) is 116 cm³/mol. The molecular formula is C26H21ClO3. The molecule has 0 radical (unpaired) electrons. The van der Waals surface area contributed by atoms with Gasteiger partial charge in [-0.25, -0.2) is 4.79 Å². The van der Waals surface area contributed by atoms with E-state index in [4.69, 9.17) is 21.1 Å². The minimum Gasteiger partial charge on any atom is -0.456 e. The number of rotatable bonds is 1. The Morgan fingerprint density at radius 2 is 1.57 bits per heavy atom. The van der Waals surface area contributed by atoms with Crippen molar-refractivity contribution in [1.29, 1.82) is 0 Å². The van der Waals surface area contributed by atoms with Crippen LogP contribution >= 0.6 is 11.6 Å². The molecule has 150 valence electrons. The van der Waals surface area contributed by atoms with Gasteiger partial charge in [-0.2, -0.15) is 0 Å². The fraction of sp³-hybridized carbons (Fsp3) is 0.269. The number of halogens is 1. The maximum atomic E-state index is 12.9. The average Bonchev–Trinajstić information content (AvgIpc) is 3.07. The van der Waals surface area contributed by atoms with Crippen LogP contribution in [-0.2, 0) is 10.3 Å². The van der Waals surface area contributed by atoms with Gasteiger partial charge in [-0.1, -0.05) is 61.2 Å². The van der Waals surface area contributed by atoms with Gasteiger partial charge in [-0.15, -0.1) is 0 Å². The smallest absolute Gasteiger partial charge is 0.340 e. The van der Waals surface area contributed by atoms with E-state index < -0.39 is 5.60 Å². The second kappa shape index (κ2) is 6.61. The monoisotopic (exact) mass is 416 g/mol. The molecule has 2 aliphatic heterocycles. The molecule has 3 aromatic carbocycles. The lowest BCUT2D eigenvalue weighted by molar-refractivity contribution is 0.0224. The molecule has 0 amide bonds. The van der Waals surface area contributed by atoms with Crippen LogP contribution < -0.4 is 4.74 Å². The molecular weight excluding hydrogens is 396 g/mol. The molecule has 30 heavy (non-hydrogen) atoms. The minimum atomic E-state index is -1.01. The largest absolute Gasteiger partial charge is 0.456 e. The van der Waals surface area contributed by atoms with E-state index in [1.54, 1.807) is 0 Å². The van der Waals surface area contributed by atoms with E-state index in [-0.39, 0.29) is 5.97 Å². The van der Waals surface area contributed by atoms with Crippen molar-refractivity contribution >= 4 is 17.6 Å². The van der Waals surface area contributed by atoms with Gasteiger partial charge >= 0.3 is 5.97 Å². The fourth-order valence-electron chi connectivity index (χ4n) is 5.36. The Morgan fingerprint density at radius 3 is 2.40 bits per heavy atom. The molecule has 6 rings (SSSR count). The molecule has 1 aliphatic carbocycles. The summed E-state index contributed by atoms with van der Waals surface area (Å²) in [5.74, 6) is 1.64. The molecule has 1 fully saturated rings. The van der Waals surface area contributed by atoms with Gasteiger partial charge in [0, 0.05) is 21.7 Å². The molecule has 3 aliphatic rings. The first kappa shape index (κ1) is 18.0. The van der Waals surface area contributed by atoms with Crippen molar-refractivity contribution in [2.24, 2.45) is 0 Å². The Kier molecular flexibility index (Phi) is 3.97. The topological polar surface area (TPSA) is 35.5 Å². The number of hydrogen-bond donors (Lipinski definition) is 0. The number of carbonyl (C=O) groups excluding carboxylic acids is 1. The molecule has 0 bridgehead atoms. The summed E-state index contributed by atoms with van der Waals surface area (Å²) in [4.78, 5) is 12.9. The van der Waals surface area contributed by atoms with E-state index in [2.05, 4.69) is 18.2 Å². The van der Waals surface area contributed by atoms with Crippen molar-refractivity contribution in [1.82, 2.24) is 0 Å². The molecule has 1 unspecified atom stereocenters. The zero-order valence-corrected chi connectivity index (χ0v) is 17.2.